The van der Waals surface area contributed by atoms with Gasteiger partial charge in [-0.05, 0) is 44.4 Å². The molecule has 5 nitrogen and oxygen atoms in total. The number of nitrogens with one attached hydrogen (secondary N) is 1. The van der Waals surface area contributed by atoms with E-state index < -0.39 is 5.97 Å². The first-order valence-corrected chi connectivity index (χ1v) is 7.85. The van der Waals surface area contributed by atoms with Gasteiger partial charge in [0.1, 0.15) is 0 Å². The van der Waals surface area contributed by atoms with Gasteiger partial charge in [-0.1, -0.05) is 18.6 Å². The fourth-order valence-electron chi connectivity index (χ4n) is 2.48. The summed E-state index contributed by atoms with van der Waals surface area (Å²) in [6.45, 7) is 4.40. The highest BCUT2D eigenvalue weighted by Crippen LogP contribution is 2.18. The van der Waals surface area contributed by atoms with Gasteiger partial charge in [-0.2, -0.15) is 0 Å². The van der Waals surface area contributed by atoms with Crippen molar-refractivity contribution in [3.63, 3.8) is 0 Å². The number of aliphatic carboxylic acids is 1. The van der Waals surface area contributed by atoms with Gasteiger partial charge in [0.2, 0.25) is 0 Å². The number of carboxylic acid groups (broad SMARTS) is 1. The SMILES string of the molecule is Cc1ccc2cc(C(=O)NCCCCCC(=O)O)c(C)nc2c1. The summed E-state index contributed by atoms with van der Waals surface area (Å²) >= 11 is 0. The number of benzene rings is 1. The Kier molecular flexibility index (Phi) is 5.68. The second-order valence-electron chi connectivity index (χ2n) is 5.78. The largest absolute Gasteiger partial charge is 0.481 e. The minimum absolute atomic E-state index is 0.129. The standard InChI is InChI=1S/C18H22N2O3/c1-12-7-8-14-11-15(13(2)20-16(14)10-12)18(23)19-9-5-3-4-6-17(21)22/h7-8,10-11H,3-6,9H2,1-2H3,(H,19,23)(H,21,22). The zero-order chi connectivity index (χ0) is 16.8. The zero-order valence-electron chi connectivity index (χ0n) is 13.6. The first-order valence-electron chi connectivity index (χ1n) is 7.85. The molecule has 0 spiro atoms. The van der Waals surface area contributed by atoms with Crippen LogP contribution in [0.1, 0.15) is 47.3 Å². The van der Waals surface area contributed by atoms with Crippen LogP contribution >= 0.6 is 0 Å². The Balaban J connectivity index is 1.94. The number of rotatable bonds is 7. The second-order valence-corrected chi connectivity index (χ2v) is 5.78. The molecule has 0 saturated heterocycles. The molecule has 2 rings (SSSR count). The smallest absolute Gasteiger partial charge is 0.303 e. The minimum Gasteiger partial charge on any atom is -0.481 e. The molecule has 1 aromatic carbocycles. The van der Waals surface area contributed by atoms with E-state index in [2.05, 4.69) is 10.3 Å². The van der Waals surface area contributed by atoms with Gasteiger partial charge in [0, 0.05) is 18.4 Å². The number of carbonyl (C=O) groups is 2. The lowest BCUT2D eigenvalue weighted by Crippen LogP contribution is -2.25. The number of nitrogens with zero attached hydrogens (tertiary/aromatic N) is 1. The Morgan fingerprint density at radius 2 is 1.91 bits per heavy atom. The molecule has 1 heterocycles. The number of aryl methyl sites for hydroxylation is 2. The van der Waals surface area contributed by atoms with E-state index in [0.717, 1.165) is 29.3 Å². The predicted octanol–water partition coefficient (Wildman–Crippen LogP) is 3.23. The summed E-state index contributed by atoms with van der Waals surface area (Å²) < 4.78 is 0. The van der Waals surface area contributed by atoms with E-state index in [0.29, 0.717) is 24.2 Å². The van der Waals surface area contributed by atoms with E-state index in [-0.39, 0.29) is 12.3 Å². The quantitative estimate of drug-likeness (QED) is 0.769. The third-order valence-electron chi connectivity index (χ3n) is 3.76. The number of hydrogen-bond acceptors (Lipinski definition) is 3. The Hall–Kier alpha value is -2.43. The molecule has 2 aromatic rings. The van der Waals surface area contributed by atoms with Crippen LogP contribution in [0.4, 0.5) is 0 Å². The van der Waals surface area contributed by atoms with E-state index in [1.54, 1.807) is 0 Å². The van der Waals surface area contributed by atoms with E-state index >= 15 is 0 Å². The van der Waals surface area contributed by atoms with Crippen molar-refractivity contribution < 1.29 is 14.7 Å². The lowest BCUT2D eigenvalue weighted by atomic mass is 10.1. The molecule has 0 fully saturated rings. The molecule has 122 valence electrons. The molecule has 0 radical (unpaired) electrons. The maximum Gasteiger partial charge on any atom is 0.303 e. The summed E-state index contributed by atoms with van der Waals surface area (Å²) in [4.78, 5) is 27.2. The summed E-state index contributed by atoms with van der Waals surface area (Å²) in [6.07, 6.45) is 2.39. The van der Waals surface area contributed by atoms with Gasteiger partial charge in [0.25, 0.3) is 5.91 Å². The fraction of sp³-hybridized carbons (Fsp3) is 0.389. The number of amides is 1. The van der Waals surface area contributed by atoms with Crippen molar-refractivity contribution in [1.82, 2.24) is 10.3 Å². The van der Waals surface area contributed by atoms with Gasteiger partial charge in [-0.15, -0.1) is 0 Å². The molecule has 0 aliphatic heterocycles. The molecule has 1 amide bonds. The molecular weight excluding hydrogens is 292 g/mol. The number of hydrogen-bond donors (Lipinski definition) is 2. The first-order chi connectivity index (χ1) is 11.0. The van der Waals surface area contributed by atoms with E-state index in [1.165, 1.54) is 0 Å². The van der Waals surface area contributed by atoms with E-state index in [9.17, 15) is 9.59 Å². The molecule has 0 unspecified atom stereocenters. The van der Waals surface area contributed by atoms with E-state index in [4.69, 9.17) is 5.11 Å². The van der Waals surface area contributed by atoms with Crippen LogP contribution in [0.5, 0.6) is 0 Å². The van der Waals surface area contributed by atoms with Gasteiger partial charge < -0.3 is 10.4 Å². The zero-order valence-corrected chi connectivity index (χ0v) is 13.6. The Morgan fingerprint density at radius 3 is 2.65 bits per heavy atom. The number of unbranched alkanes of at least 4 members (excludes halogenated alkanes) is 2. The minimum atomic E-state index is -0.776. The number of pyridine rings is 1. The van der Waals surface area contributed by atoms with Crippen molar-refractivity contribution in [3.8, 4) is 0 Å². The lowest BCUT2D eigenvalue weighted by Gasteiger charge is -2.09. The number of carboxylic acids is 1. The van der Waals surface area contributed by atoms with Crippen molar-refractivity contribution in [2.75, 3.05) is 6.54 Å². The van der Waals surface area contributed by atoms with Crippen LogP contribution in [0.3, 0.4) is 0 Å². The normalized spacial score (nSPS) is 10.7. The first kappa shape index (κ1) is 16.9. The van der Waals surface area contributed by atoms with Crippen LogP contribution in [0.15, 0.2) is 24.3 Å². The average molecular weight is 314 g/mol. The summed E-state index contributed by atoms with van der Waals surface area (Å²) in [5.74, 6) is -0.905. The molecule has 0 saturated carbocycles. The van der Waals surface area contributed by atoms with E-state index in [1.807, 2.05) is 38.1 Å². The van der Waals surface area contributed by atoms with Crippen molar-refractivity contribution >= 4 is 22.8 Å². The summed E-state index contributed by atoms with van der Waals surface area (Å²) in [7, 11) is 0. The molecule has 1 aromatic heterocycles. The third-order valence-corrected chi connectivity index (χ3v) is 3.76. The molecule has 5 heteroatoms. The molecule has 0 bridgehead atoms. The van der Waals surface area contributed by atoms with Gasteiger partial charge in [0.05, 0.1) is 16.8 Å². The Bertz CT molecular complexity index is 726. The van der Waals surface area contributed by atoms with Crippen LogP contribution in [-0.2, 0) is 4.79 Å². The van der Waals surface area contributed by atoms with Crippen LogP contribution < -0.4 is 5.32 Å². The van der Waals surface area contributed by atoms with Crippen molar-refractivity contribution in [2.24, 2.45) is 0 Å². The van der Waals surface area contributed by atoms with Gasteiger partial charge in [-0.3, -0.25) is 14.6 Å². The maximum atomic E-state index is 12.3. The average Bonchev–Trinajstić information content (AvgIpc) is 2.49. The van der Waals surface area contributed by atoms with Crippen molar-refractivity contribution in [2.45, 2.75) is 39.5 Å². The third kappa shape index (κ3) is 4.77. The van der Waals surface area contributed by atoms with Crippen LogP contribution in [-0.4, -0.2) is 28.5 Å². The number of carbonyl (C=O) groups excluding carboxylic acids is 1. The molecule has 23 heavy (non-hydrogen) atoms. The molecule has 2 N–H and O–H groups in total. The summed E-state index contributed by atoms with van der Waals surface area (Å²) in [5.41, 5.74) is 3.34. The van der Waals surface area contributed by atoms with Gasteiger partial charge in [0.15, 0.2) is 0 Å². The number of fused-ring (bicyclic) bond motifs is 1. The highest BCUT2D eigenvalue weighted by Gasteiger charge is 2.11. The lowest BCUT2D eigenvalue weighted by molar-refractivity contribution is -0.137. The van der Waals surface area contributed by atoms with Crippen molar-refractivity contribution in [1.29, 1.82) is 0 Å². The van der Waals surface area contributed by atoms with Gasteiger partial charge in [-0.25, -0.2) is 0 Å². The predicted molar refractivity (Wildman–Crippen MR) is 89.7 cm³/mol. The topological polar surface area (TPSA) is 79.3 Å². The molecule has 0 aliphatic carbocycles. The van der Waals surface area contributed by atoms with Crippen molar-refractivity contribution in [3.05, 3.63) is 41.1 Å². The molecule has 0 atom stereocenters. The Labute approximate surface area is 135 Å². The van der Waals surface area contributed by atoms with Gasteiger partial charge >= 0.3 is 5.97 Å². The van der Waals surface area contributed by atoms with Crippen LogP contribution in [0.2, 0.25) is 0 Å². The fourth-order valence-corrected chi connectivity index (χ4v) is 2.48. The van der Waals surface area contributed by atoms with Crippen LogP contribution in [0.25, 0.3) is 10.9 Å². The monoisotopic (exact) mass is 314 g/mol. The second kappa shape index (κ2) is 7.72. The summed E-state index contributed by atoms with van der Waals surface area (Å²) in [6, 6.07) is 7.85. The van der Waals surface area contributed by atoms with Crippen LogP contribution in [0, 0.1) is 13.8 Å². The number of aromatic nitrogens is 1. The highest BCUT2D eigenvalue weighted by molar-refractivity contribution is 5.98. The maximum absolute atomic E-state index is 12.3. The molecule has 0 aliphatic rings. The Morgan fingerprint density at radius 1 is 1.13 bits per heavy atom. The summed E-state index contributed by atoms with van der Waals surface area (Å²) in [5, 5.41) is 12.4. The molecular formula is C18H22N2O3. The highest BCUT2D eigenvalue weighted by atomic mass is 16.4.